The van der Waals surface area contributed by atoms with Gasteiger partial charge in [-0.1, -0.05) is 25.1 Å². The number of alkyl halides is 2. The van der Waals surface area contributed by atoms with E-state index >= 15 is 8.78 Å². The Hall–Kier alpha value is -1.37. The molecule has 0 spiro atoms. The van der Waals surface area contributed by atoms with E-state index in [1.807, 2.05) is 0 Å². The summed E-state index contributed by atoms with van der Waals surface area (Å²) in [7, 11) is -1.74. The molecule has 0 saturated heterocycles. The second kappa shape index (κ2) is 7.89. The van der Waals surface area contributed by atoms with Crippen LogP contribution in [-0.2, 0) is 25.7 Å². The molecule has 0 N–H and O–H groups in total. The van der Waals surface area contributed by atoms with Crippen molar-refractivity contribution in [3.63, 3.8) is 0 Å². The maximum absolute atomic E-state index is 15.2. The first-order valence-electron chi connectivity index (χ1n) is 8.12. The second-order valence-electron chi connectivity index (χ2n) is 6.81. The Labute approximate surface area is 149 Å². The van der Waals surface area contributed by atoms with Gasteiger partial charge in [-0.3, -0.25) is 4.21 Å². The van der Waals surface area contributed by atoms with E-state index in [0.717, 1.165) is 6.07 Å². The number of hydrogen-bond acceptors (Lipinski definition) is 3. The van der Waals surface area contributed by atoms with E-state index in [-0.39, 0.29) is 18.6 Å². The fourth-order valence-electron chi connectivity index (χ4n) is 2.56. The lowest BCUT2D eigenvalue weighted by Crippen LogP contribution is -2.56. The lowest BCUT2D eigenvalue weighted by Gasteiger charge is -2.40. The first-order valence-corrected chi connectivity index (χ1v) is 9.44. The third-order valence-electron chi connectivity index (χ3n) is 4.19. The number of ether oxygens (including phenoxy) is 1. The molecule has 0 amide bonds. The van der Waals surface area contributed by atoms with Crippen LogP contribution in [0.15, 0.2) is 24.3 Å². The molecule has 0 bridgehead atoms. The SMILES string of the molecule is CCOC(=O)C(F)(F)[C@](CC)(C[S@](=O)C(C)(C)C)c1ccccc1F. The Morgan fingerprint density at radius 1 is 1.16 bits per heavy atom. The number of rotatable bonds is 7. The highest BCUT2D eigenvalue weighted by molar-refractivity contribution is 7.86. The van der Waals surface area contributed by atoms with Crippen molar-refractivity contribution in [2.75, 3.05) is 12.4 Å². The summed E-state index contributed by atoms with van der Waals surface area (Å²) in [6, 6.07) is 5.07. The summed E-state index contributed by atoms with van der Waals surface area (Å²) in [6.45, 7) is 7.56. The zero-order valence-electron chi connectivity index (χ0n) is 15.2. The maximum atomic E-state index is 15.2. The summed E-state index contributed by atoms with van der Waals surface area (Å²) >= 11 is 0. The van der Waals surface area contributed by atoms with Crippen molar-refractivity contribution >= 4 is 16.8 Å². The van der Waals surface area contributed by atoms with Gasteiger partial charge in [-0.15, -0.1) is 0 Å². The molecule has 2 atom stereocenters. The van der Waals surface area contributed by atoms with Gasteiger partial charge in [-0.2, -0.15) is 8.78 Å². The summed E-state index contributed by atoms with van der Waals surface area (Å²) in [5.41, 5.74) is -2.59. The van der Waals surface area contributed by atoms with E-state index in [0.29, 0.717) is 0 Å². The van der Waals surface area contributed by atoms with E-state index in [9.17, 15) is 13.4 Å². The minimum Gasteiger partial charge on any atom is -0.462 e. The molecule has 7 heteroatoms. The Kier molecular flexibility index (Phi) is 6.84. The van der Waals surface area contributed by atoms with Gasteiger partial charge in [0.1, 0.15) is 5.82 Å². The van der Waals surface area contributed by atoms with Gasteiger partial charge < -0.3 is 4.74 Å². The monoisotopic (exact) mass is 378 g/mol. The molecule has 0 aliphatic heterocycles. The summed E-state index contributed by atoms with van der Waals surface area (Å²) in [5, 5.41) is 0. The van der Waals surface area contributed by atoms with Crippen LogP contribution >= 0.6 is 0 Å². The van der Waals surface area contributed by atoms with Crippen LogP contribution < -0.4 is 0 Å². The molecule has 1 aromatic rings. The highest BCUT2D eigenvalue weighted by atomic mass is 32.2. The van der Waals surface area contributed by atoms with E-state index in [1.54, 1.807) is 20.8 Å². The lowest BCUT2D eigenvalue weighted by molar-refractivity contribution is -0.182. The number of benzene rings is 1. The second-order valence-corrected chi connectivity index (χ2v) is 9.02. The van der Waals surface area contributed by atoms with Crippen LogP contribution in [0.2, 0.25) is 0 Å². The van der Waals surface area contributed by atoms with Crippen molar-refractivity contribution in [1.82, 2.24) is 0 Å². The molecule has 0 fully saturated rings. The van der Waals surface area contributed by atoms with Crippen LogP contribution in [0.5, 0.6) is 0 Å². The minimum atomic E-state index is -4.03. The minimum absolute atomic E-state index is 0.228. The maximum Gasteiger partial charge on any atom is 0.378 e. The number of halogens is 3. The molecule has 0 radical (unpaired) electrons. The standard InChI is InChI=1S/C18H25F3O3S/c1-6-17(12-25(23)16(3,4)5,13-10-8-9-11-14(13)19)18(20,21)15(22)24-7-2/h8-11H,6-7,12H2,1-5H3/t17-,25+/m1/s1. The van der Waals surface area contributed by atoms with Gasteiger partial charge >= 0.3 is 11.9 Å². The topological polar surface area (TPSA) is 43.4 Å². The summed E-state index contributed by atoms with van der Waals surface area (Å²) in [6.07, 6.45) is -0.276. The van der Waals surface area contributed by atoms with Crippen LogP contribution in [0.1, 0.15) is 46.6 Å². The van der Waals surface area contributed by atoms with Gasteiger partial charge in [0.2, 0.25) is 0 Å². The summed E-state index contributed by atoms with van der Waals surface area (Å²) in [5.74, 6) is -7.18. The summed E-state index contributed by atoms with van der Waals surface area (Å²) < 4.78 is 61.1. The Morgan fingerprint density at radius 2 is 1.72 bits per heavy atom. The van der Waals surface area contributed by atoms with E-state index in [4.69, 9.17) is 0 Å². The largest absolute Gasteiger partial charge is 0.462 e. The molecule has 0 heterocycles. The van der Waals surface area contributed by atoms with Crippen molar-refractivity contribution in [2.45, 2.75) is 57.1 Å². The quantitative estimate of drug-likeness (QED) is 0.667. The first kappa shape index (κ1) is 21.7. The molecule has 142 valence electrons. The van der Waals surface area contributed by atoms with Crippen molar-refractivity contribution in [3.8, 4) is 0 Å². The van der Waals surface area contributed by atoms with Crippen LogP contribution in [-0.4, -0.2) is 33.2 Å². The Balaban J connectivity index is 3.62. The van der Waals surface area contributed by atoms with Crippen LogP contribution in [0.4, 0.5) is 13.2 Å². The van der Waals surface area contributed by atoms with Gasteiger partial charge in [0.25, 0.3) is 0 Å². The molecule has 0 aliphatic rings. The van der Waals surface area contributed by atoms with Crippen molar-refractivity contribution in [1.29, 1.82) is 0 Å². The van der Waals surface area contributed by atoms with Gasteiger partial charge in [-0.25, -0.2) is 9.18 Å². The van der Waals surface area contributed by atoms with Crippen molar-refractivity contribution < 1.29 is 26.9 Å². The normalized spacial score (nSPS) is 16.2. The fourth-order valence-corrected chi connectivity index (χ4v) is 3.98. The lowest BCUT2D eigenvalue weighted by atomic mass is 9.74. The molecule has 0 saturated carbocycles. The molecule has 0 aliphatic carbocycles. The molecule has 0 unspecified atom stereocenters. The third-order valence-corrected chi connectivity index (χ3v) is 6.31. The number of esters is 1. The zero-order chi connectivity index (χ0) is 19.5. The van der Waals surface area contributed by atoms with E-state index in [1.165, 1.54) is 32.0 Å². The average molecular weight is 378 g/mol. The molecule has 1 aromatic carbocycles. The van der Waals surface area contributed by atoms with Gasteiger partial charge in [0.05, 0.1) is 12.0 Å². The number of carbonyl (C=O) groups is 1. The Bertz CT molecular complexity index is 641. The highest BCUT2D eigenvalue weighted by Crippen LogP contribution is 2.46. The van der Waals surface area contributed by atoms with Crippen LogP contribution in [0, 0.1) is 5.82 Å². The Morgan fingerprint density at radius 3 is 2.16 bits per heavy atom. The molecule has 3 nitrogen and oxygen atoms in total. The van der Waals surface area contributed by atoms with Gasteiger partial charge in [0.15, 0.2) is 0 Å². The fraction of sp³-hybridized carbons (Fsp3) is 0.611. The molecular formula is C18H25F3O3S. The van der Waals surface area contributed by atoms with Crippen LogP contribution in [0.3, 0.4) is 0 Å². The van der Waals surface area contributed by atoms with Gasteiger partial charge in [-0.05, 0) is 40.2 Å². The highest BCUT2D eigenvalue weighted by Gasteiger charge is 2.62. The van der Waals surface area contributed by atoms with E-state index < -0.39 is 44.4 Å². The molecular weight excluding hydrogens is 353 g/mol. The zero-order valence-corrected chi connectivity index (χ0v) is 16.0. The molecule has 0 aromatic heterocycles. The smallest absolute Gasteiger partial charge is 0.378 e. The van der Waals surface area contributed by atoms with Crippen LogP contribution in [0.25, 0.3) is 0 Å². The van der Waals surface area contributed by atoms with Crippen molar-refractivity contribution in [2.24, 2.45) is 0 Å². The average Bonchev–Trinajstić information content (AvgIpc) is 2.52. The third kappa shape index (κ3) is 4.25. The predicted octanol–water partition coefficient (Wildman–Crippen LogP) is 4.22. The van der Waals surface area contributed by atoms with E-state index in [2.05, 4.69) is 4.74 Å². The van der Waals surface area contributed by atoms with Gasteiger partial charge in [0, 0.05) is 26.9 Å². The molecule has 25 heavy (non-hydrogen) atoms. The summed E-state index contributed by atoms with van der Waals surface area (Å²) in [4.78, 5) is 12.0. The first-order chi connectivity index (χ1) is 11.4. The predicted molar refractivity (Wildman–Crippen MR) is 92.7 cm³/mol. The number of carbonyl (C=O) groups excluding carboxylic acids is 1. The molecule has 1 rings (SSSR count). The van der Waals surface area contributed by atoms with Crippen molar-refractivity contribution in [3.05, 3.63) is 35.6 Å². The number of hydrogen-bond donors (Lipinski definition) is 0.